The van der Waals surface area contributed by atoms with Crippen LogP contribution in [0.5, 0.6) is 0 Å². The Balaban J connectivity index is 1.42. The second-order valence-corrected chi connectivity index (χ2v) is 8.86. The van der Waals surface area contributed by atoms with Gasteiger partial charge in [-0.1, -0.05) is 20.3 Å². The summed E-state index contributed by atoms with van der Waals surface area (Å²) in [5.41, 5.74) is 1.94. The molecule has 2 aromatic rings. The molecule has 1 saturated carbocycles. The molecule has 1 saturated heterocycles. The van der Waals surface area contributed by atoms with E-state index < -0.39 is 0 Å². The van der Waals surface area contributed by atoms with E-state index in [9.17, 15) is 4.79 Å². The maximum atomic E-state index is 11.9. The lowest BCUT2D eigenvalue weighted by Gasteiger charge is -2.43. The molecule has 25 heavy (non-hydrogen) atoms. The van der Waals surface area contributed by atoms with Crippen molar-refractivity contribution < 1.29 is 4.79 Å². The lowest BCUT2D eigenvalue weighted by molar-refractivity contribution is -0.118. The van der Waals surface area contributed by atoms with E-state index in [0.717, 1.165) is 17.2 Å². The standard InChI is InChI=1S/C20H27N3OS/c1-13(2)19(24)21-15-6-7-17-18(12-15)25-20(22-17)14-10-16(11-14)23-8-4-3-5-9-23/h6-7,12-14,16H,3-5,8-11H2,1-2H3,(H,21,24). The van der Waals surface area contributed by atoms with Crippen LogP contribution in [0.15, 0.2) is 18.2 Å². The first-order chi connectivity index (χ1) is 12.1. The van der Waals surface area contributed by atoms with Gasteiger partial charge in [-0.2, -0.15) is 0 Å². The average molecular weight is 358 g/mol. The molecule has 2 fully saturated rings. The molecule has 1 aromatic heterocycles. The highest BCUT2D eigenvalue weighted by Gasteiger charge is 2.36. The van der Waals surface area contributed by atoms with Gasteiger partial charge in [0.15, 0.2) is 0 Å². The Labute approximate surface area is 153 Å². The number of amides is 1. The van der Waals surface area contributed by atoms with Gasteiger partial charge >= 0.3 is 0 Å². The predicted molar refractivity (Wildman–Crippen MR) is 104 cm³/mol. The van der Waals surface area contributed by atoms with Crippen molar-refractivity contribution in [2.75, 3.05) is 18.4 Å². The third-order valence-electron chi connectivity index (χ3n) is 5.57. The number of piperidine rings is 1. The maximum absolute atomic E-state index is 11.9. The van der Waals surface area contributed by atoms with Crippen molar-refractivity contribution in [3.63, 3.8) is 0 Å². The van der Waals surface area contributed by atoms with Gasteiger partial charge in [-0.3, -0.25) is 4.79 Å². The fraction of sp³-hybridized carbons (Fsp3) is 0.600. The van der Waals surface area contributed by atoms with E-state index >= 15 is 0 Å². The smallest absolute Gasteiger partial charge is 0.226 e. The third-order valence-corrected chi connectivity index (χ3v) is 6.75. The number of carbonyl (C=O) groups is 1. The highest BCUT2D eigenvalue weighted by Crippen LogP contribution is 2.43. The Hall–Kier alpha value is -1.46. The molecule has 1 aromatic carbocycles. The third kappa shape index (κ3) is 3.58. The van der Waals surface area contributed by atoms with Gasteiger partial charge in [0.2, 0.25) is 5.91 Å². The summed E-state index contributed by atoms with van der Waals surface area (Å²) in [6, 6.07) is 6.84. The molecule has 1 aliphatic carbocycles. The van der Waals surface area contributed by atoms with Crippen LogP contribution in [-0.4, -0.2) is 34.9 Å². The van der Waals surface area contributed by atoms with Crippen LogP contribution >= 0.6 is 11.3 Å². The summed E-state index contributed by atoms with van der Waals surface area (Å²) in [6.45, 7) is 6.40. The molecule has 0 spiro atoms. The normalized spacial score (nSPS) is 24.4. The maximum Gasteiger partial charge on any atom is 0.226 e. The quantitative estimate of drug-likeness (QED) is 0.868. The Bertz CT molecular complexity index is 757. The van der Waals surface area contributed by atoms with E-state index in [1.165, 1.54) is 54.9 Å². The van der Waals surface area contributed by atoms with E-state index in [1.54, 1.807) is 11.3 Å². The monoisotopic (exact) mass is 357 g/mol. The number of rotatable bonds is 4. The summed E-state index contributed by atoms with van der Waals surface area (Å²) in [7, 11) is 0. The Morgan fingerprint density at radius 2 is 2.00 bits per heavy atom. The molecule has 2 heterocycles. The summed E-state index contributed by atoms with van der Waals surface area (Å²) < 4.78 is 1.18. The fourth-order valence-electron chi connectivity index (χ4n) is 3.85. The molecule has 134 valence electrons. The summed E-state index contributed by atoms with van der Waals surface area (Å²) in [4.78, 5) is 19.4. The highest BCUT2D eigenvalue weighted by molar-refractivity contribution is 7.18. The number of anilines is 1. The van der Waals surface area contributed by atoms with Crippen LogP contribution in [-0.2, 0) is 4.79 Å². The first-order valence-corrected chi connectivity index (χ1v) is 10.4. The SMILES string of the molecule is CC(C)C(=O)Nc1ccc2nc(C3CC(N4CCCCC4)C3)sc2c1. The average Bonchev–Trinajstić information content (AvgIpc) is 2.97. The Morgan fingerprint density at radius 1 is 1.24 bits per heavy atom. The topological polar surface area (TPSA) is 45.2 Å². The van der Waals surface area contributed by atoms with E-state index in [2.05, 4.69) is 16.3 Å². The fourth-order valence-corrected chi connectivity index (χ4v) is 4.99. The van der Waals surface area contributed by atoms with Crippen molar-refractivity contribution >= 4 is 33.1 Å². The van der Waals surface area contributed by atoms with Gasteiger partial charge in [0.1, 0.15) is 0 Å². The van der Waals surface area contributed by atoms with E-state index in [4.69, 9.17) is 4.98 Å². The minimum Gasteiger partial charge on any atom is -0.326 e. The zero-order chi connectivity index (χ0) is 17.4. The molecule has 1 N–H and O–H groups in total. The van der Waals surface area contributed by atoms with Crippen molar-refractivity contribution in [3.8, 4) is 0 Å². The number of benzene rings is 1. The number of nitrogens with one attached hydrogen (secondary N) is 1. The lowest BCUT2D eigenvalue weighted by atomic mass is 9.79. The number of carbonyl (C=O) groups excluding carboxylic acids is 1. The van der Waals surface area contributed by atoms with E-state index in [1.807, 2.05) is 26.0 Å². The van der Waals surface area contributed by atoms with Crippen LogP contribution < -0.4 is 5.32 Å². The summed E-state index contributed by atoms with van der Waals surface area (Å²) in [5.74, 6) is 0.680. The van der Waals surface area contributed by atoms with E-state index in [0.29, 0.717) is 5.92 Å². The molecule has 0 atom stereocenters. The van der Waals surface area contributed by atoms with E-state index in [-0.39, 0.29) is 11.8 Å². The molecule has 0 radical (unpaired) electrons. The zero-order valence-corrected chi connectivity index (χ0v) is 15.9. The van der Waals surface area contributed by atoms with Crippen molar-refractivity contribution in [3.05, 3.63) is 23.2 Å². The largest absolute Gasteiger partial charge is 0.326 e. The minimum absolute atomic E-state index is 0.00517. The molecule has 0 unspecified atom stereocenters. The Kier molecular flexibility index (Phi) is 4.78. The Morgan fingerprint density at radius 3 is 2.72 bits per heavy atom. The van der Waals surface area contributed by atoms with Gasteiger partial charge in [0.25, 0.3) is 0 Å². The van der Waals surface area contributed by atoms with Crippen LogP contribution in [0.2, 0.25) is 0 Å². The predicted octanol–water partition coefficient (Wildman–Crippen LogP) is 4.62. The van der Waals surface area contributed by atoms with Gasteiger partial charge in [0.05, 0.1) is 15.2 Å². The number of aromatic nitrogens is 1. The van der Waals surface area contributed by atoms with Crippen molar-refractivity contribution in [2.45, 2.75) is 57.9 Å². The second-order valence-electron chi connectivity index (χ2n) is 7.80. The molecule has 0 bridgehead atoms. The van der Waals surface area contributed by atoms with Crippen LogP contribution in [0.4, 0.5) is 5.69 Å². The molecular weight excluding hydrogens is 330 g/mol. The summed E-state index contributed by atoms with van der Waals surface area (Å²) in [6.07, 6.45) is 6.66. The molecule has 4 nitrogen and oxygen atoms in total. The van der Waals surface area contributed by atoms with Crippen molar-refractivity contribution in [2.24, 2.45) is 5.92 Å². The first kappa shape index (κ1) is 17.0. The number of fused-ring (bicyclic) bond motifs is 1. The van der Waals surface area contributed by atoms with Crippen LogP contribution in [0.25, 0.3) is 10.2 Å². The summed E-state index contributed by atoms with van der Waals surface area (Å²) in [5, 5.41) is 4.26. The van der Waals surface area contributed by atoms with Gasteiger partial charge in [-0.25, -0.2) is 4.98 Å². The first-order valence-electron chi connectivity index (χ1n) is 9.55. The second kappa shape index (κ2) is 7.04. The highest BCUT2D eigenvalue weighted by atomic mass is 32.1. The number of likely N-dealkylation sites (tertiary alicyclic amines) is 1. The minimum atomic E-state index is -0.00517. The summed E-state index contributed by atoms with van der Waals surface area (Å²) >= 11 is 1.80. The zero-order valence-electron chi connectivity index (χ0n) is 15.1. The lowest BCUT2D eigenvalue weighted by Crippen LogP contribution is -2.46. The molecule has 1 amide bonds. The van der Waals surface area contributed by atoms with Gasteiger partial charge in [0, 0.05) is 23.6 Å². The molecular formula is C20H27N3OS. The molecule has 5 heteroatoms. The molecule has 2 aliphatic rings. The van der Waals surface area contributed by atoms with Crippen molar-refractivity contribution in [1.29, 1.82) is 0 Å². The number of hydrogen-bond acceptors (Lipinski definition) is 4. The number of hydrogen-bond donors (Lipinski definition) is 1. The van der Waals surface area contributed by atoms with Gasteiger partial charge < -0.3 is 10.2 Å². The van der Waals surface area contributed by atoms with Gasteiger partial charge in [-0.15, -0.1) is 11.3 Å². The van der Waals surface area contributed by atoms with Crippen LogP contribution in [0.3, 0.4) is 0 Å². The van der Waals surface area contributed by atoms with Crippen LogP contribution in [0.1, 0.15) is 56.9 Å². The number of nitrogens with zero attached hydrogens (tertiary/aromatic N) is 2. The molecule has 1 aliphatic heterocycles. The van der Waals surface area contributed by atoms with Crippen LogP contribution in [0, 0.1) is 5.92 Å². The van der Waals surface area contributed by atoms with Gasteiger partial charge in [-0.05, 0) is 57.0 Å². The molecule has 4 rings (SSSR count). The number of thiazole rings is 1. The van der Waals surface area contributed by atoms with Crippen molar-refractivity contribution in [1.82, 2.24) is 9.88 Å².